The van der Waals surface area contributed by atoms with Crippen molar-refractivity contribution in [3.8, 4) is 5.75 Å². The lowest BCUT2D eigenvalue weighted by Crippen LogP contribution is -2.23. The van der Waals surface area contributed by atoms with Crippen LogP contribution >= 0.6 is 11.6 Å². The topological polar surface area (TPSA) is 21.3 Å². The van der Waals surface area contributed by atoms with Crippen molar-refractivity contribution in [1.82, 2.24) is 5.32 Å². The second kappa shape index (κ2) is 7.51. The molecule has 1 aromatic rings. The molecule has 1 aromatic carbocycles. The molecule has 0 saturated heterocycles. The molecule has 0 saturated carbocycles. The summed E-state index contributed by atoms with van der Waals surface area (Å²) in [7, 11) is 1.52. The number of rotatable bonds is 7. The molecular formula is C13H19ClFNO. The number of benzene rings is 1. The molecule has 0 aromatic heterocycles. The molecule has 0 fully saturated rings. The number of hydrogen-bond donors (Lipinski definition) is 1. The SMILES string of the molecule is CCCC(Cl)CNCc1ccc(OC)cc1F. The number of nitrogens with one attached hydrogen (secondary N) is 1. The number of alkyl halides is 1. The summed E-state index contributed by atoms with van der Waals surface area (Å²) < 4.78 is 18.5. The lowest BCUT2D eigenvalue weighted by molar-refractivity contribution is 0.410. The van der Waals surface area contributed by atoms with Gasteiger partial charge in [-0.15, -0.1) is 11.6 Å². The monoisotopic (exact) mass is 259 g/mol. The molecule has 0 aliphatic rings. The normalized spacial score (nSPS) is 12.5. The van der Waals surface area contributed by atoms with Gasteiger partial charge in [-0.3, -0.25) is 0 Å². The standard InChI is InChI=1S/C13H19ClFNO/c1-3-4-11(14)9-16-8-10-5-6-12(17-2)7-13(10)15/h5-7,11,16H,3-4,8-9H2,1-2H3. The molecule has 1 atom stereocenters. The van der Waals surface area contributed by atoms with E-state index in [2.05, 4.69) is 12.2 Å². The van der Waals surface area contributed by atoms with E-state index < -0.39 is 0 Å². The summed E-state index contributed by atoms with van der Waals surface area (Å²) in [6, 6.07) is 4.87. The van der Waals surface area contributed by atoms with Crippen LogP contribution in [0.1, 0.15) is 25.3 Å². The molecule has 1 N–H and O–H groups in total. The van der Waals surface area contributed by atoms with Crippen LogP contribution < -0.4 is 10.1 Å². The Morgan fingerprint density at radius 3 is 2.82 bits per heavy atom. The first-order valence-electron chi connectivity index (χ1n) is 5.84. The highest BCUT2D eigenvalue weighted by atomic mass is 35.5. The molecule has 0 aliphatic carbocycles. The molecular weight excluding hydrogens is 241 g/mol. The van der Waals surface area contributed by atoms with Gasteiger partial charge in [0, 0.05) is 30.1 Å². The van der Waals surface area contributed by atoms with Crippen LogP contribution in [0.4, 0.5) is 4.39 Å². The first-order valence-corrected chi connectivity index (χ1v) is 6.28. The lowest BCUT2D eigenvalue weighted by Gasteiger charge is -2.10. The summed E-state index contributed by atoms with van der Waals surface area (Å²) >= 11 is 6.06. The Kier molecular flexibility index (Phi) is 6.30. The molecule has 0 aliphatic heterocycles. The summed E-state index contributed by atoms with van der Waals surface area (Å²) in [6.07, 6.45) is 2.03. The lowest BCUT2D eigenvalue weighted by atomic mass is 10.2. The fourth-order valence-corrected chi connectivity index (χ4v) is 1.90. The van der Waals surface area contributed by atoms with Crippen LogP contribution in [0.15, 0.2) is 18.2 Å². The predicted octanol–water partition coefficient (Wildman–Crippen LogP) is 3.33. The highest BCUT2D eigenvalue weighted by Crippen LogP contribution is 2.16. The molecule has 1 unspecified atom stereocenters. The van der Waals surface area contributed by atoms with E-state index in [0.717, 1.165) is 12.8 Å². The number of hydrogen-bond acceptors (Lipinski definition) is 2. The summed E-state index contributed by atoms with van der Waals surface area (Å²) in [5, 5.41) is 3.26. The summed E-state index contributed by atoms with van der Waals surface area (Å²) in [6.45, 7) is 3.28. The molecule has 4 heteroatoms. The average molecular weight is 260 g/mol. The number of methoxy groups -OCH3 is 1. The van der Waals surface area contributed by atoms with Crippen LogP contribution in [0.2, 0.25) is 0 Å². The van der Waals surface area contributed by atoms with Gasteiger partial charge in [-0.05, 0) is 12.5 Å². The molecule has 0 radical (unpaired) electrons. The third-order valence-corrected chi connectivity index (χ3v) is 2.92. The minimum absolute atomic E-state index is 0.112. The Morgan fingerprint density at radius 2 is 2.24 bits per heavy atom. The first kappa shape index (κ1) is 14.3. The van der Waals surface area contributed by atoms with Gasteiger partial charge in [-0.25, -0.2) is 4.39 Å². The Morgan fingerprint density at radius 1 is 1.47 bits per heavy atom. The largest absolute Gasteiger partial charge is 0.497 e. The van der Waals surface area contributed by atoms with Crippen LogP contribution in [0.3, 0.4) is 0 Å². The molecule has 1 rings (SSSR count). The molecule has 96 valence electrons. The predicted molar refractivity (Wildman–Crippen MR) is 69.2 cm³/mol. The van der Waals surface area contributed by atoms with Crippen LogP contribution in [-0.2, 0) is 6.54 Å². The zero-order valence-corrected chi connectivity index (χ0v) is 11.1. The summed E-state index contributed by atoms with van der Waals surface area (Å²) in [5.74, 6) is 0.283. The Labute approximate surface area is 107 Å². The van der Waals surface area contributed by atoms with E-state index in [9.17, 15) is 4.39 Å². The Balaban J connectivity index is 2.41. The van der Waals surface area contributed by atoms with Crippen LogP contribution in [-0.4, -0.2) is 19.0 Å². The van der Waals surface area contributed by atoms with E-state index in [1.54, 1.807) is 12.1 Å². The summed E-state index contributed by atoms with van der Waals surface area (Å²) in [5.41, 5.74) is 0.631. The van der Waals surface area contributed by atoms with Gasteiger partial charge in [0.05, 0.1) is 7.11 Å². The van der Waals surface area contributed by atoms with E-state index in [1.165, 1.54) is 13.2 Å². The molecule has 0 heterocycles. The zero-order chi connectivity index (χ0) is 12.7. The summed E-state index contributed by atoms with van der Waals surface area (Å²) in [4.78, 5) is 0. The smallest absolute Gasteiger partial charge is 0.131 e. The maximum Gasteiger partial charge on any atom is 0.131 e. The van der Waals surface area contributed by atoms with Gasteiger partial charge in [0.2, 0.25) is 0 Å². The van der Waals surface area contributed by atoms with Crippen molar-refractivity contribution in [3.63, 3.8) is 0 Å². The van der Waals surface area contributed by atoms with Crippen molar-refractivity contribution in [3.05, 3.63) is 29.6 Å². The molecule has 0 amide bonds. The van der Waals surface area contributed by atoms with E-state index in [1.807, 2.05) is 0 Å². The second-order valence-corrected chi connectivity index (χ2v) is 4.59. The molecule has 0 bridgehead atoms. The number of halogens is 2. The van der Waals surface area contributed by atoms with Gasteiger partial charge in [0.25, 0.3) is 0 Å². The first-order chi connectivity index (χ1) is 8.17. The van der Waals surface area contributed by atoms with Crippen LogP contribution in [0.5, 0.6) is 5.75 Å². The minimum Gasteiger partial charge on any atom is -0.497 e. The third-order valence-electron chi connectivity index (χ3n) is 2.54. The van der Waals surface area contributed by atoms with Crippen LogP contribution in [0, 0.1) is 5.82 Å². The van der Waals surface area contributed by atoms with E-state index in [4.69, 9.17) is 16.3 Å². The highest BCUT2D eigenvalue weighted by Gasteiger charge is 2.06. The molecule has 17 heavy (non-hydrogen) atoms. The van der Waals surface area contributed by atoms with Gasteiger partial charge in [0.15, 0.2) is 0 Å². The minimum atomic E-state index is -0.251. The van der Waals surface area contributed by atoms with E-state index in [-0.39, 0.29) is 11.2 Å². The van der Waals surface area contributed by atoms with Gasteiger partial charge in [-0.2, -0.15) is 0 Å². The van der Waals surface area contributed by atoms with Gasteiger partial charge in [-0.1, -0.05) is 19.4 Å². The maximum atomic E-state index is 13.6. The van der Waals surface area contributed by atoms with Gasteiger partial charge in [0.1, 0.15) is 11.6 Å². The maximum absolute atomic E-state index is 13.6. The van der Waals surface area contributed by atoms with Gasteiger partial charge >= 0.3 is 0 Å². The quantitative estimate of drug-likeness (QED) is 0.759. The molecule has 0 spiro atoms. The van der Waals surface area contributed by atoms with E-state index in [0.29, 0.717) is 24.4 Å². The molecule has 2 nitrogen and oxygen atoms in total. The average Bonchev–Trinajstić information content (AvgIpc) is 2.31. The van der Waals surface area contributed by atoms with Crippen molar-refractivity contribution in [2.75, 3.05) is 13.7 Å². The van der Waals surface area contributed by atoms with Crippen molar-refractivity contribution in [2.45, 2.75) is 31.7 Å². The van der Waals surface area contributed by atoms with Crippen molar-refractivity contribution in [2.24, 2.45) is 0 Å². The van der Waals surface area contributed by atoms with Crippen molar-refractivity contribution >= 4 is 11.6 Å². The van der Waals surface area contributed by atoms with Crippen molar-refractivity contribution in [1.29, 1.82) is 0 Å². The fourth-order valence-electron chi connectivity index (χ4n) is 1.58. The van der Waals surface area contributed by atoms with Crippen molar-refractivity contribution < 1.29 is 9.13 Å². The number of ether oxygens (including phenoxy) is 1. The Bertz CT molecular complexity index is 346. The highest BCUT2D eigenvalue weighted by molar-refractivity contribution is 6.20. The van der Waals surface area contributed by atoms with E-state index >= 15 is 0 Å². The fraction of sp³-hybridized carbons (Fsp3) is 0.538. The Hall–Kier alpha value is -0.800. The van der Waals surface area contributed by atoms with Gasteiger partial charge < -0.3 is 10.1 Å². The zero-order valence-electron chi connectivity index (χ0n) is 10.3. The second-order valence-electron chi connectivity index (χ2n) is 3.97. The third kappa shape index (κ3) is 4.92. The van der Waals surface area contributed by atoms with Crippen LogP contribution in [0.25, 0.3) is 0 Å².